The Morgan fingerprint density at radius 2 is 1.89 bits per heavy atom. The molecule has 4 aromatic rings. The fraction of sp³-hybridized carbons (Fsp3) is 0.190. The molecule has 0 saturated heterocycles. The smallest absolute Gasteiger partial charge is 0.199 e. The largest absolute Gasteiger partial charge is 0.494 e. The van der Waals surface area contributed by atoms with Crippen molar-refractivity contribution in [1.82, 2.24) is 9.97 Å². The molecule has 0 amide bonds. The number of hydrogen-bond donors (Lipinski definition) is 3. The number of aromatic hydroxyl groups is 1. The highest BCUT2D eigenvalue weighted by molar-refractivity contribution is 5.99. The predicted octanol–water partition coefficient (Wildman–Crippen LogP) is 3.57. The quantitative estimate of drug-likeness (QED) is 0.455. The zero-order valence-electron chi connectivity index (χ0n) is 15.0. The van der Waals surface area contributed by atoms with Crippen LogP contribution in [0.15, 0.2) is 48.5 Å². The minimum absolute atomic E-state index is 0.113. The molecule has 0 saturated carbocycles. The molecule has 4 N–H and O–H groups in total. The summed E-state index contributed by atoms with van der Waals surface area (Å²) in [5.41, 5.74) is 9.95. The molecule has 0 spiro atoms. The van der Waals surface area contributed by atoms with E-state index in [9.17, 15) is 5.11 Å². The molecule has 0 radical (unpaired) electrons. The molecule has 2 aromatic heterocycles. The van der Waals surface area contributed by atoms with Crippen LogP contribution < -0.4 is 10.5 Å². The number of aromatic nitrogens is 2. The van der Waals surface area contributed by atoms with Gasteiger partial charge in [0.2, 0.25) is 0 Å². The van der Waals surface area contributed by atoms with Gasteiger partial charge in [-0.25, -0.2) is 4.98 Å². The second-order valence-electron chi connectivity index (χ2n) is 6.25. The first-order chi connectivity index (χ1) is 13.2. The molecule has 0 atom stereocenters. The lowest BCUT2D eigenvalue weighted by Crippen LogP contribution is -2.08. The van der Waals surface area contributed by atoms with Crippen molar-refractivity contribution in [3.8, 4) is 22.9 Å². The lowest BCUT2D eigenvalue weighted by atomic mass is 10.0. The summed E-state index contributed by atoms with van der Waals surface area (Å²) in [4.78, 5) is 7.76. The number of para-hydroxylation sites is 1. The van der Waals surface area contributed by atoms with Gasteiger partial charge < -0.3 is 25.3 Å². The van der Waals surface area contributed by atoms with E-state index in [2.05, 4.69) is 4.98 Å². The molecule has 2 aromatic carbocycles. The molecule has 0 aliphatic carbocycles. The Hall–Kier alpha value is -3.09. The van der Waals surface area contributed by atoms with Gasteiger partial charge in [-0.2, -0.15) is 0 Å². The number of pyridine rings is 1. The maximum atomic E-state index is 10.4. The van der Waals surface area contributed by atoms with Crippen LogP contribution in [0.2, 0.25) is 0 Å². The van der Waals surface area contributed by atoms with E-state index in [1.165, 1.54) is 0 Å². The Balaban J connectivity index is 1.81. The highest BCUT2D eigenvalue weighted by Gasteiger charge is 2.15. The molecule has 0 bridgehead atoms. The molecule has 6 heteroatoms. The SMILES string of the molecule is COCCOc1ccc2nc(-c3c(O)[nH]c4ccccc34)ccc2c1CN. The fourth-order valence-corrected chi connectivity index (χ4v) is 3.35. The van der Waals surface area contributed by atoms with E-state index < -0.39 is 0 Å². The maximum absolute atomic E-state index is 10.4. The summed E-state index contributed by atoms with van der Waals surface area (Å²) in [6.45, 7) is 1.32. The lowest BCUT2D eigenvalue weighted by molar-refractivity contribution is 0.146. The molecule has 0 aliphatic heterocycles. The van der Waals surface area contributed by atoms with Crippen molar-refractivity contribution >= 4 is 21.8 Å². The van der Waals surface area contributed by atoms with Crippen LogP contribution in [0.25, 0.3) is 33.1 Å². The van der Waals surface area contributed by atoms with Crippen LogP contribution in [0.4, 0.5) is 0 Å². The average Bonchev–Trinajstić information content (AvgIpc) is 3.03. The van der Waals surface area contributed by atoms with E-state index in [1.54, 1.807) is 7.11 Å². The topological polar surface area (TPSA) is 93.4 Å². The number of fused-ring (bicyclic) bond motifs is 2. The first-order valence-corrected chi connectivity index (χ1v) is 8.77. The van der Waals surface area contributed by atoms with Crippen LogP contribution in [-0.4, -0.2) is 35.4 Å². The predicted molar refractivity (Wildman–Crippen MR) is 106 cm³/mol. The van der Waals surface area contributed by atoms with E-state index in [0.717, 1.165) is 33.1 Å². The molecule has 2 heterocycles. The summed E-state index contributed by atoms with van der Waals surface area (Å²) >= 11 is 0. The minimum Gasteiger partial charge on any atom is -0.494 e. The van der Waals surface area contributed by atoms with Gasteiger partial charge in [0, 0.05) is 35.5 Å². The van der Waals surface area contributed by atoms with Gasteiger partial charge in [0.15, 0.2) is 5.88 Å². The second-order valence-corrected chi connectivity index (χ2v) is 6.25. The van der Waals surface area contributed by atoms with Crippen molar-refractivity contribution in [2.24, 2.45) is 5.73 Å². The van der Waals surface area contributed by atoms with Crippen LogP contribution in [0, 0.1) is 0 Å². The van der Waals surface area contributed by atoms with Gasteiger partial charge >= 0.3 is 0 Å². The first-order valence-electron chi connectivity index (χ1n) is 8.77. The fourth-order valence-electron chi connectivity index (χ4n) is 3.35. The third-order valence-corrected chi connectivity index (χ3v) is 4.63. The van der Waals surface area contributed by atoms with Crippen molar-refractivity contribution < 1.29 is 14.6 Å². The molecule has 6 nitrogen and oxygen atoms in total. The number of rotatable bonds is 6. The normalized spacial score (nSPS) is 11.3. The van der Waals surface area contributed by atoms with Gasteiger partial charge in [0.05, 0.1) is 23.4 Å². The van der Waals surface area contributed by atoms with E-state index in [-0.39, 0.29) is 5.88 Å². The summed E-state index contributed by atoms with van der Waals surface area (Å²) < 4.78 is 10.8. The van der Waals surface area contributed by atoms with E-state index >= 15 is 0 Å². The average molecular weight is 363 g/mol. The minimum atomic E-state index is 0.113. The molecule has 0 fully saturated rings. The Morgan fingerprint density at radius 3 is 2.70 bits per heavy atom. The third-order valence-electron chi connectivity index (χ3n) is 4.63. The molecule has 0 aliphatic rings. The van der Waals surface area contributed by atoms with Crippen molar-refractivity contribution in [3.05, 3.63) is 54.1 Å². The Bertz CT molecular complexity index is 1100. The third kappa shape index (κ3) is 3.09. The summed E-state index contributed by atoms with van der Waals surface area (Å²) in [6.07, 6.45) is 0. The first kappa shape index (κ1) is 17.3. The number of methoxy groups -OCH3 is 1. The summed E-state index contributed by atoms with van der Waals surface area (Å²) in [5, 5.41) is 12.2. The number of H-pyrrole nitrogens is 1. The standard InChI is InChI=1S/C21H21N3O3/c1-26-10-11-27-19-9-8-17-13(15(19)12-22)6-7-18(23-17)20-14-4-2-3-5-16(14)24-21(20)25/h2-9,24-25H,10-12,22H2,1H3. The molecule has 4 rings (SSSR count). The van der Waals surface area contributed by atoms with E-state index in [0.29, 0.717) is 31.0 Å². The van der Waals surface area contributed by atoms with Gasteiger partial charge in [0.25, 0.3) is 0 Å². The molecule has 27 heavy (non-hydrogen) atoms. The highest BCUT2D eigenvalue weighted by Crippen LogP contribution is 2.37. The van der Waals surface area contributed by atoms with Crippen molar-refractivity contribution in [1.29, 1.82) is 0 Å². The second kappa shape index (κ2) is 7.26. The van der Waals surface area contributed by atoms with Crippen LogP contribution >= 0.6 is 0 Å². The van der Waals surface area contributed by atoms with Crippen molar-refractivity contribution in [2.75, 3.05) is 20.3 Å². The Morgan fingerprint density at radius 1 is 1.04 bits per heavy atom. The van der Waals surface area contributed by atoms with Gasteiger partial charge in [-0.05, 0) is 24.3 Å². The summed E-state index contributed by atoms with van der Waals surface area (Å²) in [6, 6.07) is 15.4. The van der Waals surface area contributed by atoms with Crippen molar-refractivity contribution in [3.63, 3.8) is 0 Å². The van der Waals surface area contributed by atoms with E-state index in [1.807, 2.05) is 48.5 Å². The van der Waals surface area contributed by atoms with E-state index in [4.69, 9.17) is 20.2 Å². The molecular formula is C21H21N3O3. The Labute approximate surface area is 156 Å². The molecule has 0 unspecified atom stereocenters. The lowest BCUT2D eigenvalue weighted by Gasteiger charge is -2.13. The summed E-state index contributed by atoms with van der Waals surface area (Å²) in [5.74, 6) is 0.855. The van der Waals surface area contributed by atoms with Gasteiger partial charge in [-0.15, -0.1) is 0 Å². The zero-order chi connectivity index (χ0) is 18.8. The number of hydrogen-bond acceptors (Lipinski definition) is 5. The molecule has 138 valence electrons. The number of benzene rings is 2. The summed E-state index contributed by atoms with van der Waals surface area (Å²) in [7, 11) is 1.64. The van der Waals surface area contributed by atoms with Crippen molar-refractivity contribution in [2.45, 2.75) is 6.54 Å². The Kier molecular flexibility index (Phi) is 4.66. The van der Waals surface area contributed by atoms with Gasteiger partial charge in [-0.3, -0.25) is 0 Å². The van der Waals surface area contributed by atoms with Crippen LogP contribution in [-0.2, 0) is 11.3 Å². The molecular weight excluding hydrogens is 342 g/mol. The van der Waals surface area contributed by atoms with Gasteiger partial charge in [0.1, 0.15) is 12.4 Å². The zero-order valence-corrected chi connectivity index (χ0v) is 15.0. The van der Waals surface area contributed by atoms with Crippen LogP contribution in [0.3, 0.4) is 0 Å². The highest BCUT2D eigenvalue weighted by atomic mass is 16.5. The van der Waals surface area contributed by atoms with Crippen LogP contribution in [0.5, 0.6) is 11.6 Å². The number of nitrogens with two attached hydrogens (primary N) is 1. The number of aromatic amines is 1. The van der Waals surface area contributed by atoms with Crippen LogP contribution in [0.1, 0.15) is 5.56 Å². The van der Waals surface area contributed by atoms with Gasteiger partial charge in [-0.1, -0.05) is 24.3 Å². The maximum Gasteiger partial charge on any atom is 0.199 e. The number of nitrogens with zero attached hydrogens (tertiary/aromatic N) is 1. The number of ether oxygens (including phenoxy) is 2. The monoisotopic (exact) mass is 363 g/mol. The number of nitrogens with one attached hydrogen (secondary N) is 1.